The van der Waals surface area contributed by atoms with E-state index in [0.717, 1.165) is 84.3 Å². The van der Waals surface area contributed by atoms with E-state index in [-0.39, 0.29) is 42.5 Å². The van der Waals surface area contributed by atoms with Crippen LogP contribution in [0.25, 0.3) is 11.1 Å². The van der Waals surface area contributed by atoms with Crippen molar-refractivity contribution in [1.29, 1.82) is 0 Å². The van der Waals surface area contributed by atoms with Crippen molar-refractivity contribution in [1.82, 2.24) is 20.9 Å². The van der Waals surface area contributed by atoms with Gasteiger partial charge in [0.1, 0.15) is 5.54 Å². The predicted octanol–water partition coefficient (Wildman–Crippen LogP) is 6.38. The second kappa shape index (κ2) is 19.1. The van der Waals surface area contributed by atoms with E-state index in [0.29, 0.717) is 32.7 Å². The number of amides is 3. The summed E-state index contributed by atoms with van der Waals surface area (Å²) in [5.74, 6) is 0.125. The lowest BCUT2D eigenvalue weighted by Crippen LogP contribution is -2.57. The molecule has 0 saturated carbocycles. The van der Waals surface area contributed by atoms with Crippen molar-refractivity contribution >= 4 is 23.4 Å². The van der Waals surface area contributed by atoms with Gasteiger partial charge in [-0.2, -0.15) is 0 Å². The van der Waals surface area contributed by atoms with Crippen LogP contribution in [0.5, 0.6) is 0 Å². The predicted molar refractivity (Wildman–Crippen MR) is 224 cm³/mol. The first-order valence-corrected chi connectivity index (χ1v) is 20.8. The van der Waals surface area contributed by atoms with Crippen LogP contribution >= 0.6 is 0 Å². The van der Waals surface area contributed by atoms with Crippen LogP contribution in [0.2, 0.25) is 0 Å². The summed E-state index contributed by atoms with van der Waals surface area (Å²) in [7, 11) is 0. The van der Waals surface area contributed by atoms with Crippen LogP contribution in [0.15, 0.2) is 103 Å². The molecule has 0 bridgehead atoms. The number of rotatable bonds is 15. The minimum atomic E-state index is -0.616. The molecule has 4 atom stereocenters. The minimum absolute atomic E-state index is 0.0186. The van der Waals surface area contributed by atoms with E-state index in [9.17, 15) is 19.5 Å². The number of carbonyl (C=O) groups excluding carboxylic acids is 3. The number of unbranched alkanes of at least 4 members (excludes halogenated alkanes) is 2. The third kappa shape index (κ3) is 9.78. The third-order valence-electron chi connectivity index (χ3n) is 12.0. The molecule has 306 valence electrons. The number of nitrogens with one attached hydrogen (secondary N) is 3. The van der Waals surface area contributed by atoms with Crippen molar-refractivity contribution in [2.24, 2.45) is 5.92 Å². The van der Waals surface area contributed by atoms with E-state index in [1.807, 2.05) is 60.7 Å². The Kier molecular flexibility index (Phi) is 13.6. The summed E-state index contributed by atoms with van der Waals surface area (Å²) in [6, 6.07) is 34.7. The van der Waals surface area contributed by atoms with Gasteiger partial charge in [-0.1, -0.05) is 92.2 Å². The molecule has 3 heterocycles. The van der Waals surface area contributed by atoms with Crippen molar-refractivity contribution in [3.05, 3.63) is 125 Å². The Morgan fingerprint density at radius 1 is 0.828 bits per heavy atom. The zero-order valence-corrected chi connectivity index (χ0v) is 33.7. The second-order valence-electron chi connectivity index (χ2n) is 16.0. The first-order chi connectivity index (χ1) is 28.2. The smallest absolute Gasteiger partial charge is 0.247 e. The molecule has 3 aliphatic rings. The number of hydrogen-bond acceptors (Lipinski definition) is 8. The molecule has 11 heteroatoms. The number of piperidine rings is 1. The molecule has 0 aliphatic carbocycles. The molecule has 0 unspecified atom stereocenters. The van der Waals surface area contributed by atoms with Crippen LogP contribution in [0, 0.1) is 5.92 Å². The maximum atomic E-state index is 13.4. The number of benzene rings is 4. The van der Waals surface area contributed by atoms with Gasteiger partial charge in [0.2, 0.25) is 17.7 Å². The number of nitrogens with zero attached hydrogens (tertiary/aromatic N) is 2. The highest BCUT2D eigenvalue weighted by Gasteiger charge is 2.51. The average Bonchev–Trinajstić information content (AvgIpc) is 3.57. The normalized spacial score (nSPS) is 21.8. The largest absolute Gasteiger partial charge is 0.392 e. The molecule has 58 heavy (non-hydrogen) atoms. The van der Waals surface area contributed by atoms with Gasteiger partial charge in [0.05, 0.1) is 25.5 Å². The highest BCUT2D eigenvalue weighted by atomic mass is 16.7. The monoisotopic (exact) mass is 787 g/mol. The van der Waals surface area contributed by atoms with Crippen molar-refractivity contribution in [2.75, 3.05) is 37.7 Å². The van der Waals surface area contributed by atoms with Crippen LogP contribution in [0.4, 0.5) is 5.69 Å². The molecule has 7 rings (SSSR count). The van der Waals surface area contributed by atoms with Gasteiger partial charge in [0, 0.05) is 63.2 Å². The maximum Gasteiger partial charge on any atom is 0.247 e. The van der Waals surface area contributed by atoms with Crippen LogP contribution in [-0.4, -0.2) is 72.2 Å². The van der Waals surface area contributed by atoms with Gasteiger partial charge in [-0.3, -0.25) is 14.4 Å². The molecule has 3 aliphatic heterocycles. The Balaban J connectivity index is 1.03. The van der Waals surface area contributed by atoms with Crippen LogP contribution in [0.3, 0.4) is 0 Å². The lowest BCUT2D eigenvalue weighted by Gasteiger charge is -2.46. The molecule has 4 aromatic rings. The molecule has 3 fully saturated rings. The molecule has 3 amide bonds. The van der Waals surface area contributed by atoms with Crippen molar-refractivity contribution in [3.63, 3.8) is 0 Å². The van der Waals surface area contributed by atoms with E-state index in [1.54, 1.807) is 0 Å². The molecule has 1 spiro atoms. The maximum absolute atomic E-state index is 13.4. The van der Waals surface area contributed by atoms with Gasteiger partial charge < -0.3 is 40.3 Å². The molecular weight excluding hydrogens is 731 g/mol. The molecule has 0 aromatic heterocycles. The number of likely N-dealkylation sites (tertiary alicyclic amines) is 1. The lowest BCUT2D eigenvalue weighted by atomic mass is 9.84. The van der Waals surface area contributed by atoms with Gasteiger partial charge in [-0.25, -0.2) is 0 Å². The number of carbonyl (C=O) groups is 3. The van der Waals surface area contributed by atoms with Crippen molar-refractivity contribution in [3.8, 4) is 11.1 Å². The summed E-state index contributed by atoms with van der Waals surface area (Å²) in [4.78, 5) is 41.6. The number of hydrogen-bond donors (Lipinski definition) is 4. The standard InChI is InChI=1S/C47H57N5O6/c1-33-42(30-51-25-22-47(23-26-51)46(56)50-32-52(47)41-15-5-3-6-16-41)57-45(58-44(33)37-20-18-35(31-53)19-21-37)40-14-10-13-39(28-40)38-12-9-11-36(27-38)29-49-43(55)17-7-4-8-24-48-34(2)54/h3,5-6,9-16,18-21,27-28,33,42,44-45,53H,4,7-8,17,22-26,29-32H2,1-2H3,(H,48,54)(H,49,55)(H,50,56)/t33-,42+,44+,45+/m0/s1. The summed E-state index contributed by atoms with van der Waals surface area (Å²) in [5.41, 5.74) is 6.38. The van der Waals surface area contributed by atoms with Crippen LogP contribution in [-0.2, 0) is 37.0 Å². The Hall–Kier alpha value is -5.07. The molecule has 0 radical (unpaired) electrons. The zero-order valence-electron chi connectivity index (χ0n) is 33.7. The third-order valence-corrected chi connectivity index (χ3v) is 12.0. The minimum Gasteiger partial charge on any atom is -0.392 e. The number of ether oxygens (including phenoxy) is 2. The molecule has 4 aromatic carbocycles. The van der Waals surface area contributed by atoms with E-state index in [2.05, 4.69) is 75.1 Å². The average molecular weight is 788 g/mol. The fraction of sp³-hybridized carbons (Fsp3) is 0.426. The summed E-state index contributed by atoms with van der Waals surface area (Å²) >= 11 is 0. The lowest BCUT2D eigenvalue weighted by molar-refractivity contribution is -0.276. The van der Waals surface area contributed by atoms with Gasteiger partial charge >= 0.3 is 0 Å². The van der Waals surface area contributed by atoms with E-state index < -0.39 is 11.8 Å². The van der Waals surface area contributed by atoms with Gasteiger partial charge in [0.15, 0.2) is 6.29 Å². The first kappa shape index (κ1) is 41.1. The Morgan fingerprint density at radius 3 is 2.31 bits per heavy atom. The summed E-state index contributed by atoms with van der Waals surface area (Å²) in [5, 5.41) is 18.7. The van der Waals surface area contributed by atoms with E-state index in [4.69, 9.17) is 9.47 Å². The van der Waals surface area contributed by atoms with E-state index >= 15 is 0 Å². The highest BCUT2D eigenvalue weighted by molar-refractivity contribution is 5.93. The zero-order chi connectivity index (χ0) is 40.5. The Bertz CT molecular complexity index is 2000. The summed E-state index contributed by atoms with van der Waals surface area (Å²) < 4.78 is 13.7. The topological polar surface area (TPSA) is 132 Å². The second-order valence-corrected chi connectivity index (χ2v) is 16.0. The van der Waals surface area contributed by atoms with Gasteiger partial charge in [0.25, 0.3) is 0 Å². The Labute approximate surface area is 342 Å². The van der Waals surface area contributed by atoms with Gasteiger partial charge in [-0.05, 0) is 77.8 Å². The molecule has 11 nitrogen and oxygen atoms in total. The number of para-hydroxylation sites is 1. The summed E-state index contributed by atoms with van der Waals surface area (Å²) in [6.45, 7) is 7.53. The Morgan fingerprint density at radius 2 is 1.57 bits per heavy atom. The highest BCUT2D eigenvalue weighted by Crippen LogP contribution is 2.43. The van der Waals surface area contributed by atoms with Crippen molar-refractivity contribution < 1.29 is 29.0 Å². The van der Waals surface area contributed by atoms with Crippen LogP contribution in [0.1, 0.15) is 87.0 Å². The van der Waals surface area contributed by atoms with E-state index in [1.165, 1.54) is 6.92 Å². The fourth-order valence-corrected chi connectivity index (χ4v) is 8.59. The summed E-state index contributed by atoms with van der Waals surface area (Å²) in [6.07, 6.45) is 3.44. The molecule has 4 N–H and O–H groups in total. The van der Waals surface area contributed by atoms with Crippen molar-refractivity contribution in [2.45, 2.75) is 89.6 Å². The quantitative estimate of drug-likeness (QED) is 0.102. The molecular formula is C47H57N5O6. The van der Waals surface area contributed by atoms with Crippen LogP contribution < -0.4 is 20.9 Å². The van der Waals surface area contributed by atoms with Gasteiger partial charge in [-0.15, -0.1) is 0 Å². The number of anilines is 1. The molecule has 3 saturated heterocycles. The first-order valence-electron chi connectivity index (χ1n) is 20.8. The number of aliphatic hydroxyl groups excluding tert-OH is 1. The number of aliphatic hydroxyl groups is 1. The SMILES string of the molecule is CC(=O)NCCCCCC(=O)NCc1cccc(-c2cccc([C@@H]3O[C@H](CN4CCC5(CC4)C(=O)NCN5c4ccccc4)[C@H](C)[C@H](c4ccc(CO)cc4)O3)c2)c1. The fourth-order valence-electron chi connectivity index (χ4n) is 8.59.